The van der Waals surface area contributed by atoms with Crippen molar-refractivity contribution in [2.45, 2.75) is 0 Å². The van der Waals surface area contributed by atoms with E-state index in [9.17, 15) is 13.2 Å². The molecular weight excluding hydrogens is 264 g/mol. The average molecular weight is 279 g/mol. The Hall–Kier alpha value is -1.27. The van der Waals surface area contributed by atoms with Gasteiger partial charge in [-0.2, -0.15) is 0 Å². The van der Waals surface area contributed by atoms with Crippen LogP contribution in [0.1, 0.15) is 10.4 Å². The first-order valence-electron chi connectivity index (χ1n) is 4.70. The van der Waals surface area contributed by atoms with E-state index in [0.717, 1.165) is 6.26 Å². The fourth-order valence-corrected chi connectivity index (χ4v) is 1.60. The highest BCUT2D eigenvalue weighted by Crippen LogP contribution is 2.05. The van der Waals surface area contributed by atoms with Gasteiger partial charge in [-0.05, 0) is 18.2 Å². The van der Waals surface area contributed by atoms with Gasteiger partial charge in [0.15, 0.2) is 0 Å². The molecule has 1 amide bonds. The van der Waals surface area contributed by atoms with Crippen LogP contribution in [0.25, 0.3) is 0 Å². The molecule has 1 rings (SSSR count). The summed E-state index contributed by atoms with van der Waals surface area (Å²) in [5.41, 5.74) is 6.44. The van der Waals surface area contributed by atoms with Crippen molar-refractivity contribution in [2.24, 2.45) is 0 Å². The standard InChI is InChI=1S/C10H14N2O3S.ClH/c1-16(14,15)6-5-12-10(13)8-3-2-4-9(11)7-8;/h2-4,7H,5-6,11H2,1H3,(H,12,13);1H. The predicted molar refractivity (Wildman–Crippen MR) is 70.1 cm³/mol. The number of hydrogen-bond donors (Lipinski definition) is 2. The van der Waals surface area contributed by atoms with Gasteiger partial charge in [-0.3, -0.25) is 4.79 Å². The lowest BCUT2D eigenvalue weighted by atomic mass is 10.2. The van der Waals surface area contributed by atoms with Crippen molar-refractivity contribution >= 4 is 33.8 Å². The number of carbonyl (C=O) groups excluding carboxylic acids is 1. The Morgan fingerprint density at radius 2 is 2.06 bits per heavy atom. The second-order valence-corrected chi connectivity index (χ2v) is 5.77. The Morgan fingerprint density at radius 1 is 1.41 bits per heavy atom. The van der Waals surface area contributed by atoms with Crippen LogP contribution in [0, 0.1) is 0 Å². The number of sulfone groups is 1. The molecule has 3 N–H and O–H groups in total. The summed E-state index contributed by atoms with van der Waals surface area (Å²) in [6.45, 7) is 0.104. The molecule has 5 nitrogen and oxygen atoms in total. The first-order chi connectivity index (χ1) is 7.38. The van der Waals surface area contributed by atoms with Gasteiger partial charge >= 0.3 is 0 Å². The molecule has 1 aromatic rings. The van der Waals surface area contributed by atoms with Gasteiger partial charge in [0.05, 0.1) is 5.75 Å². The summed E-state index contributed by atoms with van der Waals surface area (Å²) >= 11 is 0. The SMILES string of the molecule is CS(=O)(=O)CCNC(=O)c1cccc(N)c1.Cl. The Morgan fingerprint density at radius 3 is 2.59 bits per heavy atom. The van der Waals surface area contributed by atoms with E-state index in [-0.39, 0.29) is 30.6 Å². The third-order valence-corrected chi connectivity index (χ3v) is 2.85. The molecule has 1 aromatic carbocycles. The van der Waals surface area contributed by atoms with Gasteiger partial charge in [-0.1, -0.05) is 6.07 Å². The molecule has 0 aromatic heterocycles. The van der Waals surface area contributed by atoms with Crippen LogP contribution < -0.4 is 11.1 Å². The molecule has 0 atom stereocenters. The highest BCUT2D eigenvalue weighted by Gasteiger charge is 2.07. The van der Waals surface area contributed by atoms with Gasteiger partial charge in [0.1, 0.15) is 9.84 Å². The molecule has 0 heterocycles. The normalized spacial score (nSPS) is 10.4. The minimum Gasteiger partial charge on any atom is -0.399 e. The number of nitrogen functional groups attached to an aromatic ring is 1. The number of carbonyl (C=O) groups is 1. The lowest BCUT2D eigenvalue weighted by molar-refractivity contribution is 0.0956. The zero-order valence-corrected chi connectivity index (χ0v) is 11.0. The van der Waals surface area contributed by atoms with Crippen LogP contribution in [-0.4, -0.2) is 32.9 Å². The maximum absolute atomic E-state index is 11.5. The van der Waals surface area contributed by atoms with Gasteiger partial charge in [-0.15, -0.1) is 12.4 Å². The molecule has 17 heavy (non-hydrogen) atoms. The monoisotopic (exact) mass is 278 g/mol. The van der Waals surface area contributed by atoms with Crippen LogP contribution in [0.2, 0.25) is 0 Å². The predicted octanol–water partition coefficient (Wildman–Crippen LogP) is 0.465. The molecule has 0 unspecified atom stereocenters. The van der Waals surface area contributed by atoms with Crippen LogP contribution in [0.5, 0.6) is 0 Å². The fraction of sp³-hybridized carbons (Fsp3) is 0.300. The molecule has 0 saturated heterocycles. The Bertz CT molecular complexity index is 488. The smallest absolute Gasteiger partial charge is 0.251 e. The van der Waals surface area contributed by atoms with Crippen LogP contribution in [0.4, 0.5) is 5.69 Å². The minimum absolute atomic E-state index is 0. The molecule has 0 fully saturated rings. The van der Waals surface area contributed by atoms with E-state index in [1.54, 1.807) is 18.2 Å². The molecule has 96 valence electrons. The zero-order valence-electron chi connectivity index (χ0n) is 9.34. The third kappa shape index (κ3) is 6.13. The van der Waals surface area contributed by atoms with E-state index in [1.807, 2.05) is 0 Å². The number of hydrogen-bond acceptors (Lipinski definition) is 4. The Kier molecular flexibility index (Phi) is 5.98. The molecule has 0 radical (unpaired) electrons. The molecular formula is C10H15ClN2O3S. The third-order valence-electron chi connectivity index (χ3n) is 1.91. The molecule has 0 aliphatic rings. The maximum atomic E-state index is 11.5. The largest absolute Gasteiger partial charge is 0.399 e. The highest BCUT2D eigenvalue weighted by atomic mass is 35.5. The van der Waals surface area contributed by atoms with E-state index in [0.29, 0.717) is 11.3 Å². The van der Waals surface area contributed by atoms with Crippen LogP contribution in [-0.2, 0) is 9.84 Å². The number of rotatable bonds is 4. The first-order valence-corrected chi connectivity index (χ1v) is 6.76. The molecule has 0 aliphatic carbocycles. The summed E-state index contributed by atoms with van der Waals surface area (Å²) in [6.07, 6.45) is 1.12. The summed E-state index contributed by atoms with van der Waals surface area (Å²) < 4.78 is 21.7. The van der Waals surface area contributed by atoms with Gasteiger partial charge in [-0.25, -0.2) is 8.42 Å². The number of benzene rings is 1. The first kappa shape index (κ1) is 15.7. The van der Waals surface area contributed by atoms with Gasteiger partial charge in [0, 0.05) is 24.1 Å². The molecule has 0 aliphatic heterocycles. The van der Waals surface area contributed by atoms with E-state index in [4.69, 9.17) is 5.73 Å². The van der Waals surface area contributed by atoms with Gasteiger partial charge < -0.3 is 11.1 Å². The Labute approximate surface area is 107 Å². The number of halogens is 1. The summed E-state index contributed by atoms with van der Waals surface area (Å²) in [6, 6.07) is 6.50. The number of amides is 1. The second-order valence-electron chi connectivity index (χ2n) is 3.51. The Balaban J connectivity index is 0.00000256. The van der Waals surface area contributed by atoms with Gasteiger partial charge in [0.2, 0.25) is 0 Å². The number of nitrogens with two attached hydrogens (primary N) is 1. The highest BCUT2D eigenvalue weighted by molar-refractivity contribution is 7.90. The second kappa shape index (κ2) is 6.46. The lowest BCUT2D eigenvalue weighted by Gasteiger charge is -2.04. The molecule has 0 spiro atoms. The van der Waals surface area contributed by atoms with Crippen molar-refractivity contribution in [2.75, 3.05) is 24.3 Å². The molecule has 7 heteroatoms. The van der Waals surface area contributed by atoms with E-state index >= 15 is 0 Å². The number of nitrogens with one attached hydrogen (secondary N) is 1. The average Bonchev–Trinajstić information content (AvgIpc) is 2.15. The summed E-state index contributed by atoms with van der Waals surface area (Å²) in [7, 11) is -3.05. The van der Waals surface area contributed by atoms with Crippen LogP contribution in [0.15, 0.2) is 24.3 Å². The van der Waals surface area contributed by atoms with Crippen molar-refractivity contribution in [1.29, 1.82) is 0 Å². The molecule has 0 saturated carbocycles. The molecule has 0 bridgehead atoms. The topological polar surface area (TPSA) is 89.3 Å². The van der Waals surface area contributed by atoms with Crippen molar-refractivity contribution in [3.8, 4) is 0 Å². The lowest BCUT2D eigenvalue weighted by Crippen LogP contribution is -2.28. The van der Waals surface area contributed by atoms with Gasteiger partial charge in [0.25, 0.3) is 5.91 Å². The fourth-order valence-electron chi connectivity index (χ4n) is 1.13. The van der Waals surface area contributed by atoms with Crippen molar-refractivity contribution in [3.05, 3.63) is 29.8 Å². The zero-order chi connectivity index (χ0) is 12.2. The quantitative estimate of drug-likeness (QED) is 0.783. The minimum atomic E-state index is -3.05. The van der Waals surface area contributed by atoms with E-state index < -0.39 is 9.84 Å². The van der Waals surface area contributed by atoms with E-state index in [1.165, 1.54) is 6.07 Å². The maximum Gasteiger partial charge on any atom is 0.251 e. The van der Waals surface area contributed by atoms with Crippen LogP contribution >= 0.6 is 12.4 Å². The summed E-state index contributed by atoms with van der Waals surface area (Å²) in [5, 5.41) is 2.51. The number of anilines is 1. The van der Waals surface area contributed by atoms with Crippen molar-refractivity contribution in [3.63, 3.8) is 0 Å². The summed E-state index contributed by atoms with van der Waals surface area (Å²) in [5.74, 6) is -0.392. The van der Waals surface area contributed by atoms with Crippen molar-refractivity contribution in [1.82, 2.24) is 5.32 Å². The van der Waals surface area contributed by atoms with E-state index in [2.05, 4.69) is 5.32 Å². The van der Waals surface area contributed by atoms with Crippen molar-refractivity contribution < 1.29 is 13.2 Å². The van der Waals surface area contributed by atoms with Crippen LogP contribution in [0.3, 0.4) is 0 Å². The summed E-state index contributed by atoms with van der Waals surface area (Å²) in [4.78, 5) is 11.5.